The molecule has 0 bridgehead atoms. The van der Waals surface area contributed by atoms with Crippen molar-refractivity contribution in [2.75, 3.05) is 60.0 Å². The summed E-state index contributed by atoms with van der Waals surface area (Å²) in [4.78, 5) is 30.1. The fraction of sp³-hybridized carbons (Fsp3) is 0.875. The number of likely N-dealkylation sites (tertiary alicyclic amines) is 2. The fourth-order valence-electron chi connectivity index (χ4n) is 4.27. The molecule has 3 aliphatic heterocycles. The van der Waals surface area contributed by atoms with Crippen LogP contribution in [-0.2, 0) is 4.79 Å². The van der Waals surface area contributed by atoms with Crippen LogP contribution < -0.4 is 5.32 Å². The Labute approximate surface area is 149 Å². The zero-order valence-corrected chi connectivity index (χ0v) is 15.3. The maximum absolute atomic E-state index is 12.8. The summed E-state index contributed by atoms with van der Waals surface area (Å²) in [6, 6.07) is 0.0249. The molecule has 7 nitrogen and oxygen atoms in total. The van der Waals surface area contributed by atoms with Gasteiger partial charge >= 0.3 is 6.03 Å². The topological polar surface area (TPSA) is 76.1 Å². The first-order valence-electron chi connectivity index (χ1n) is 8.53. The molecule has 0 radical (unpaired) electrons. The van der Waals surface area contributed by atoms with E-state index in [4.69, 9.17) is 0 Å². The van der Waals surface area contributed by atoms with Gasteiger partial charge in [-0.15, -0.1) is 12.4 Å². The van der Waals surface area contributed by atoms with E-state index in [1.54, 1.807) is 19.0 Å². The van der Waals surface area contributed by atoms with Crippen molar-refractivity contribution in [3.05, 3.63) is 0 Å². The van der Waals surface area contributed by atoms with Crippen molar-refractivity contribution in [3.8, 4) is 0 Å². The van der Waals surface area contributed by atoms with E-state index in [-0.39, 0.29) is 42.3 Å². The summed E-state index contributed by atoms with van der Waals surface area (Å²) in [6.07, 6.45) is 1.48. The number of carbonyl (C=O) groups excluding carboxylic acids is 2. The summed E-state index contributed by atoms with van der Waals surface area (Å²) >= 11 is 0. The Kier molecular flexibility index (Phi) is 5.99. The molecule has 3 rings (SSSR count). The minimum absolute atomic E-state index is 0. The molecule has 138 valence electrons. The number of nitrogens with zero attached hydrogens (tertiary/aromatic N) is 3. The predicted molar refractivity (Wildman–Crippen MR) is 93.1 cm³/mol. The lowest BCUT2D eigenvalue weighted by Gasteiger charge is -2.35. The Morgan fingerprint density at radius 1 is 1.25 bits per heavy atom. The van der Waals surface area contributed by atoms with Gasteiger partial charge < -0.3 is 25.1 Å². The molecule has 2 atom stereocenters. The van der Waals surface area contributed by atoms with E-state index in [1.807, 2.05) is 9.80 Å². The minimum Gasteiger partial charge on any atom is -0.396 e. The number of carbonyl (C=O) groups is 2. The number of urea groups is 1. The van der Waals surface area contributed by atoms with Crippen LogP contribution in [0.15, 0.2) is 0 Å². The highest BCUT2D eigenvalue weighted by molar-refractivity contribution is 5.85. The molecule has 3 fully saturated rings. The summed E-state index contributed by atoms with van der Waals surface area (Å²) in [5.41, 5.74) is -0.142. The fourth-order valence-corrected chi connectivity index (χ4v) is 4.27. The number of amides is 3. The molecule has 3 saturated heterocycles. The maximum Gasteiger partial charge on any atom is 0.319 e. The van der Waals surface area contributed by atoms with Crippen LogP contribution in [0, 0.1) is 17.3 Å². The second-order valence-corrected chi connectivity index (χ2v) is 7.51. The molecule has 3 heterocycles. The number of hydrogen-bond donors (Lipinski definition) is 2. The van der Waals surface area contributed by atoms with Crippen molar-refractivity contribution >= 4 is 24.3 Å². The van der Waals surface area contributed by atoms with Crippen LogP contribution in [0.3, 0.4) is 0 Å². The smallest absolute Gasteiger partial charge is 0.319 e. The Balaban J connectivity index is 0.00000208. The van der Waals surface area contributed by atoms with E-state index >= 15 is 0 Å². The number of aliphatic hydroxyl groups excluding tert-OH is 1. The zero-order chi connectivity index (χ0) is 16.6. The first-order valence-corrected chi connectivity index (χ1v) is 8.53. The van der Waals surface area contributed by atoms with Crippen molar-refractivity contribution in [1.82, 2.24) is 20.0 Å². The van der Waals surface area contributed by atoms with Gasteiger partial charge in [0.15, 0.2) is 0 Å². The average molecular weight is 361 g/mol. The molecule has 0 aliphatic carbocycles. The van der Waals surface area contributed by atoms with Gasteiger partial charge in [0.1, 0.15) is 0 Å². The van der Waals surface area contributed by atoms with E-state index in [2.05, 4.69) is 5.32 Å². The largest absolute Gasteiger partial charge is 0.396 e. The summed E-state index contributed by atoms with van der Waals surface area (Å²) in [7, 11) is 3.51. The van der Waals surface area contributed by atoms with Crippen molar-refractivity contribution in [1.29, 1.82) is 0 Å². The van der Waals surface area contributed by atoms with E-state index in [0.29, 0.717) is 25.6 Å². The average Bonchev–Trinajstić information content (AvgIpc) is 3.11. The molecular weight excluding hydrogens is 332 g/mol. The Bertz CT molecular complexity index is 482. The molecule has 0 aromatic carbocycles. The van der Waals surface area contributed by atoms with Gasteiger partial charge in [0, 0.05) is 64.7 Å². The standard InChI is InChI=1S/C16H28N4O3.ClH/c1-18(2)15(23)19-5-3-12(4-6-19)14(22)20-8-13-7-17-9-16(13,10-20)11-21;/h12-13,17,21H,3-11H2,1-2H3;1H. The Hall–Kier alpha value is -1.05. The molecule has 0 aromatic rings. The first-order chi connectivity index (χ1) is 11.0. The van der Waals surface area contributed by atoms with Gasteiger partial charge in [-0.25, -0.2) is 4.79 Å². The van der Waals surface area contributed by atoms with E-state index in [9.17, 15) is 14.7 Å². The molecule has 0 spiro atoms. The molecule has 0 aromatic heterocycles. The lowest BCUT2D eigenvalue weighted by atomic mass is 9.82. The van der Waals surface area contributed by atoms with Crippen LogP contribution in [-0.4, -0.2) is 91.7 Å². The van der Waals surface area contributed by atoms with E-state index < -0.39 is 0 Å². The quantitative estimate of drug-likeness (QED) is 0.717. The summed E-state index contributed by atoms with van der Waals surface area (Å²) in [5, 5.41) is 13.1. The zero-order valence-electron chi connectivity index (χ0n) is 14.5. The maximum atomic E-state index is 12.8. The van der Waals surface area contributed by atoms with Gasteiger partial charge in [-0.1, -0.05) is 0 Å². The number of aliphatic hydroxyl groups is 1. The highest BCUT2D eigenvalue weighted by atomic mass is 35.5. The molecule has 8 heteroatoms. The molecule has 3 aliphatic rings. The van der Waals surface area contributed by atoms with Gasteiger partial charge in [-0.05, 0) is 18.8 Å². The molecule has 3 amide bonds. The molecule has 0 saturated carbocycles. The van der Waals surface area contributed by atoms with Gasteiger partial charge in [0.25, 0.3) is 0 Å². The lowest BCUT2D eigenvalue weighted by molar-refractivity contribution is -0.136. The number of halogens is 1. The third-order valence-corrected chi connectivity index (χ3v) is 5.80. The van der Waals surface area contributed by atoms with Crippen molar-refractivity contribution < 1.29 is 14.7 Å². The van der Waals surface area contributed by atoms with Crippen molar-refractivity contribution in [2.45, 2.75) is 12.8 Å². The number of hydrogen-bond acceptors (Lipinski definition) is 4. The normalized spacial score (nSPS) is 30.0. The van der Waals surface area contributed by atoms with Crippen LogP contribution in [0.1, 0.15) is 12.8 Å². The summed E-state index contributed by atoms with van der Waals surface area (Å²) in [6.45, 7) is 4.55. The third-order valence-electron chi connectivity index (χ3n) is 5.80. The second kappa shape index (κ2) is 7.45. The second-order valence-electron chi connectivity index (χ2n) is 7.51. The minimum atomic E-state index is -0.142. The molecule has 2 N–H and O–H groups in total. The monoisotopic (exact) mass is 360 g/mol. The van der Waals surface area contributed by atoms with Crippen molar-refractivity contribution in [2.24, 2.45) is 17.3 Å². The third kappa shape index (κ3) is 3.34. The van der Waals surface area contributed by atoms with Gasteiger partial charge in [-0.2, -0.15) is 0 Å². The van der Waals surface area contributed by atoms with Gasteiger partial charge in [-0.3, -0.25) is 4.79 Å². The van der Waals surface area contributed by atoms with Crippen LogP contribution >= 0.6 is 12.4 Å². The number of rotatable bonds is 2. The summed E-state index contributed by atoms with van der Waals surface area (Å²) < 4.78 is 0. The van der Waals surface area contributed by atoms with Crippen LogP contribution in [0.5, 0.6) is 0 Å². The number of piperidine rings is 1. The Morgan fingerprint density at radius 2 is 1.92 bits per heavy atom. The van der Waals surface area contributed by atoms with Crippen LogP contribution in [0.25, 0.3) is 0 Å². The predicted octanol–water partition coefficient (Wildman–Crippen LogP) is -0.158. The van der Waals surface area contributed by atoms with Crippen LogP contribution in [0.4, 0.5) is 4.79 Å². The number of fused-ring (bicyclic) bond motifs is 1. The van der Waals surface area contributed by atoms with Crippen LogP contribution in [0.2, 0.25) is 0 Å². The molecule has 2 unspecified atom stereocenters. The van der Waals surface area contributed by atoms with E-state index in [0.717, 1.165) is 32.5 Å². The lowest BCUT2D eigenvalue weighted by Crippen LogP contribution is -2.47. The van der Waals surface area contributed by atoms with Crippen molar-refractivity contribution in [3.63, 3.8) is 0 Å². The highest BCUT2D eigenvalue weighted by Gasteiger charge is 2.51. The number of nitrogens with one attached hydrogen (secondary N) is 1. The molecule has 24 heavy (non-hydrogen) atoms. The van der Waals surface area contributed by atoms with Gasteiger partial charge in [0.05, 0.1) is 6.61 Å². The summed E-state index contributed by atoms with van der Waals surface area (Å²) in [5.74, 6) is 0.597. The highest BCUT2D eigenvalue weighted by Crippen LogP contribution is 2.39. The SMILES string of the molecule is CN(C)C(=O)N1CCC(C(=O)N2CC3CNCC3(CO)C2)CC1.Cl. The van der Waals surface area contributed by atoms with E-state index in [1.165, 1.54) is 0 Å². The van der Waals surface area contributed by atoms with Gasteiger partial charge in [0.2, 0.25) is 5.91 Å². The first kappa shape index (κ1) is 19.3. The Morgan fingerprint density at radius 3 is 2.46 bits per heavy atom. The molecular formula is C16H29ClN4O3.